The molecule has 0 spiro atoms. The lowest BCUT2D eigenvalue weighted by Gasteiger charge is -2.27. The summed E-state index contributed by atoms with van der Waals surface area (Å²) in [5.41, 5.74) is 7.56. The second-order valence-corrected chi connectivity index (χ2v) is 7.32. The Morgan fingerprint density at radius 2 is 1.60 bits per heavy atom. The minimum atomic E-state index is 0.104. The maximum Gasteiger partial charge on any atom is 0.0318 e. The van der Waals surface area contributed by atoms with Gasteiger partial charge in [0, 0.05) is 23.6 Å². The van der Waals surface area contributed by atoms with Crippen molar-refractivity contribution in [1.82, 2.24) is 4.90 Å². The van der Waals surface area contributed by atoms with E-state index in [0.29, 0.717) is 11.8 Å². The lowest BCUT2D eigenvalue weighted by atomic mass is 10.0. The summed E-state index contributed by atoms with van der Waals surface area (Å²) in [6.45, 7) is 12.5. The third-order valence-corrected chi connectivity index (χ3v) is 4.03. The molecule has 2 nitrogen and oxygen atoms in total. The van der Waals surface area contributed by atoms with Crippen LogP contribution in [0, 0.1) is 11.8 Å². The molecule has 1 rings (SSSR count). The number of nitrogens with zero attached hydrogens (tertiary/aromatic N) is 1. The molecule has 0 aliphatic heterocycles. The van der Waals surface area contributed by atoms with Gasteiger partial charge in [0.15, 0.2) is 0 Å². The van der Waals surface area contributed by atoms with Gasteiger partial charge in [-0.3, -0.25) is 0 Å². The van der Waals surface area contributed by atoms with Gasteiger partial charge in [-0.2, -0.15) is 0 Å². The highest BCUT2D eigenvalue weighted by Gasteiger charge is 2.14. The highest BCUT2D eigenvalue weighted by atomic mass is 79.9. The molecule has 0 aromatic heterocycles. The van der Waals surface area contributed by atoms with Crippen LogP contribution in [0.4, 0.5) is 0 Å². The Morgan fingerprint density at radius 1 is 1.05 bits per heavy atom. The first kappa shape index (κ1) is 17.7. The van der Waals surface area contributed by atoms with Gasteiger partial charge in [-0.15, -0.1) is 0 Å². The maximum atomic E-state index is 6.35. The van der Waals surface area contributed by atoms with E-state index in [1.807, 2.05) is 6.07 Å². The van der Waals surface area contributed by atoms with Crippen LogP contribution in [0.1, 0.15) is 45.7 Å². The summed E-state index contributed by atoms with van der Waals surface area (Å²) >= 11 is 3.59. The van der Waals surface area contributed by atoms with Gasteiger partial charge >= 0.3 is 0 Å². The summed E-state index contributed by atoms with van der Waals surface area (Å²) in [6, 6.07) is 8.37. The fraction of sp³-hybridized carbons (Fsp3) is 0.647. The standard InChI is InChI=1S/C17H29BrN2/c1-13(2)11-20(12-14(3)4)10-9-17(19)15-7-5-6-8-16(15)18/h5-8,13-14,17H,9-12,19H2,1-4H3. The molecular formula is C17H29BrN2. The number of halogens is 1. The van der Waals surface area contributed by atoms with Crippen molar-refractivity contribution in [1.29, 1.82) is 0 Å². The molecule has 1 atom stereocenters. The van der Waals surface area contributed by atoms with Gasteiger partial charge in [-0.1, -0.05) is 61.8 Å². The molecule has 0 saturated carbocycles. The second kappa shape index (κ2) is 8.81. The van der Waals surface area contributed by atoms with Crippen LogP contribution in [-0.2, 0) is 0 Å². The summed E-state index contributed by atoms with van der Waals surface area (Å²) in [6.07, 6.45) is 1.00. The normalized spacial score (nSPS) is 13.4. The Labute approximate surface area is 132 Å². The highest BCUT2D eigenvalue weighted by Crippen LogP contribution is 2.24. The third-order valence-electron chi connectivity index (χ3n) is 3.31. The van der Waals surface area contributed by atoms with E-state index in [2.05, 4.69) is 66.7 Å². The lowest BCUT2D eigenvalue weighted by molar-refractivity contribution is 0.212. The predicted molar refractivity (Wildman–Crippen MR) is 91.8 cm³/mol. The molecule has 20 heavy (non-hydrogen) atoms. The van der Waals surface area contributed by atoms with E-state index in [9.17, 15) is 0 Å². The molecule has 0 aliphatic carbocycles. The maximum absolute atomic E-state index is 6.35. The Bertz CT molecular complexity index is 380. The van der Waals surface area contributed by atoms with E-state index in [4.69, 9.17) is 5.73 Å². The van der Waals surface area contributed by atoms with Crippen LogP contribution >= 0.6 is 15.9 Å². The summed E-state index contributed by atoms with van der Waals surface area (Å²) in [5.74, 6) is 1.40. The van der Waals surface area contributed by atoms with Crippen LogP contribution in [0.3, 0.4) is 0 Å². The van der Waals surface area contributed by atoms with E-state index in [-0.39, 0.29) is 6.04 Å². The molecule has 0 saturated heterocycles. The number of hydrogen-bond acceptors (Lipinski definition) is 2. The van der Waals surface area contributed by atoms with E-state index >= 15 is 0 Å². The first-order chi connectivity index (χ1) is 9.40. The minimum Gasteiger partial charge on any atom is -0.324 e. The van der Waals surface area contributed by atoms with E-state index in [1.54, 1.807) is 0 Å². The SMILES string of the molecule is CC(C)CN(CCC(N)c1ccccc1Br)CC(C)C. The van der Waals surface area contributed by atoms with Gasteiger partial charge in [0.1, 0.15) is 0 Å². The van der Waals surface area contributed by atoms with Crippen molar-refractivity contribution < 1.29 is 0 Å². The Hall–Kier alpha value is -0.380. The average Bonchev–Trinajstić information content (AvgIpc) is 2.34. The fourth-order valence-corrected chi connectivity index (χ4v) is 3.12. The summed E-state index contributed by atoms with van der Waals surface area (Å²) in [7, 11) is 0. The lowest BCUT2D eigenvalue weighted by Crippen LogP contribution is -2.33. The summed E-state index contributed by atoms with van der Waals surface area (Å²) in [5, 5.41) is 0. The first-order valence-corrected chi connectivity index (χ1v) is 8.41. The van der Waals surface area contributed by atoms with Crippen molar-refractivity contribution in [3.63, 3.8) is 0 Å². The van der Waals surface area contributed by atoms with Crippen molar-refractivity contribution in [3.05, 3.63) is 34.3 Å². The molecule has 0 heterocycles. The van der Waals surface area contributed by atoms with Gasteiger partial charge in [-0.05, 0) is 36.4 Å². The summed E-state index contributed by atoms with van der Waals surface area (Å²) in [4.78, 5) is 2.55. The zero-order chi connectivity index (χ0) is 15.1. The van der Waals surface area contributed by atoms with E-state index in [0.717, 1.165) is 30.5 Å². The zero-order valence-corrected chi connectivity index (χ0v) is 14.9. The van der Waals surface area contributed by atoms with Crippen LogP contribution in [0.2, 0.25) is 0 Å². The number of benzene rings is 1. The van der Waals surface area contributed by atoms with Gasteiger partial charge in [0.05, 0.1) is 0 Å². The molecule has 0 fully saturated rings. The minimum absolute atomic E-state index is 0.104. The molecule has 0 amide bonds. The molecule has 3 heteroatoms. The molecule has 114 valence electrons. The van der Waals surface area contributed by atoms with Crippen LogP contribution < -0.4 is 5.73 Å². The fourth-order valence-electron chi connectivity index (χ4n) is 2.54. The van der Waals surface area contributed by atoms with Gasteiger partial charge < -0.3 is 10.6 Å². The van der Waals surface area contributed by atoms with Crippen molar-refractivity contribution >= 4 is 15.9 Å². The quantitative estimate of drug-likeness (QED) is 0.757. The van der Waals surface area contributed by atoms with Crippen molar-refractivity contribution in [3.8, 4) is 0 Å². The van der Waals surface area contributed by atoms with Gasteiger partial charge in [0.2, 0.25) is 0 Å². The molecule has 1 unspecified atom stereocenters. The first-order valence-electron chi connectivity index (χ1n) is 7.62. The highest BCUT2D eigenvalue weighted by molar-refractivity contribution is 9.10. The molecule has 1 aromatic carbocycles. The Morgan fingerprint density at radius 3 is 2.10 bits per heavy atom. The topological polar surface area (TPSA) is 29.3 Å². The molecule has 1 aromatic rings. The number of hydrogen-bond donors (Lipinski definition) is 1. The van der Waals surface area contributed by atoms with Gasteiger partial charge in [0.25, 0.3) is 0 Å². The van der Waals surface area contributed by atoms with Crippen molar-refractivity contribution in [2.24, 2.45) is 17.6 Å². The van der Waals surface area contributed by atoms with E-state index < -0.39 is 0 Å². The molecule has 0 radical (unpaired) electrons. The monoisotopic (exact) mass is 340 g/mol. The molecule has 0 bridgehead atoms. The second-order valence-electron chi connectivity index (χ2n) is 6.46. The van der Waals surface area contributed by atoms with Crippen molar-refractivity contribution in [2.75, 3.05) is 19.6 Å². The molecule has 2 N–H and O–H groups in total. The largest absolute Gasteiger partial charge is 0.324 e. The number of rotatable bonds is 8. The van der Waals surface area contributed by atoms with E-state index in [1.165, 1.54) is 5.56 Å². The third kappa shape index (κ3) is 6.38. The van der Waals surface area contributed by atoms with Crippen LogP contribution in [0.25, 0.3) is 0 Å². The van der Waals surface area contributed by atoms with Crippen molar-refractivity contribution in [2.45, 2.75) is 40.2 Å². The zero-order valence-electron chi connectivity index (χ0n) is 13.3. The Balaban J connectivity index is 2.55. The average molecular weight is 341 g/mol. The predicted octanol–water partition coefficient (Wildman–Crippen LogP) is 4.45. The summed E-state index contributed by atoms with van der Waals surface area (Å²) < 4.78 is 1.12. The van der Waals surface area contributed by atoms with Crippen LogP contribution in [-0.4, -0.2) is 24.5 Å². The smallest absolute Gasteiger partial charge is 0.0318 e. The van der Waals surface area contributed by atoms with Crippen LogP contribution in [0.15, 0.2) is 28.7 Å². The van der Waals surface area contributed by atoms with Gasteiger partial charge in [-0.25, -0.2) is 0 Å². The molecule has 0 aliphatic rings. The van der Waals surface area contributed by atoms with Crippen LogP contribution in [0.5, 0.6) is 0 Å². The Kier molecular flexibility index (Phi) is 7.78. The molecular weight excluding hydrogens is 312 g/mol. The number of nitrogens with two attached hydrogens (primary N) is 1.